The molecule has 0 unspecified atom stereocenters. The van der Waals surface area contributed by atoms with Gasteiger partial charge in [0, 0.05) is 6.42 Å². The Morgan fingerprint density at radius 1 is 1.33 bits per heavy atom. The quantitative estimate of drug-likeness (QED) is 0.517. The van der Waals surface area contributed by atoms with Gasteiger partial charge in [0.15, 0.2) is 0 Å². The Labute approximate surface area is 91.4 Å². The highest BCUT2D eigenvalue weighted by molar-refractivity contribution is 5.81. The molecular weight excluding hydrogens is 194 g/mol. The highest BCUT2D eigenvalue weighted by Crippen LogP contribution is 1.97. The lowest BCUT2D eigenvalue weighted by atomic mass is 10.1. The Bertz CT molecular complexity index is 202. The normalized spacial score (nSPS) is 10.1. The van der Waals surface area contributed by atoms with E-state index in [0.29, 0.717) is 18.9 Å². The van der Waals surface area contributed by atoms with Crippen molar-refractivity contribution >= 4 is 11.9 Å². The Kier molecular flexibility index (Phi) is 7.68. The summed E-state index contributed by atoms with van der Waals surface area (Å²) in [6, 6.07) is 0. The maximum atomic E-state index is 11.2. The van der Waals surface area contributed by atoms with Gasteiger partial charge >= 0.3 is 5.97 Å². The van der Waals surface area contributed by atoms with Gasteiger partial charge < -0.3 is 10.1 Å². The molecule has 0 heterocycles. The van der Waals surface area contributed by atoms with Gasteiger partial charge in [-0.3, -0.25) is 9.59 Å². The van der Waals surface area contributed by atoms with E-state index in [1.165, 1.54) is 0 Å². The average molecular weight is 215 g/mol. The zero-order valence-corrected chi connectivity index (χ0v) is 9.84. The van der Waals surface area contributed by atoms with Crippen LogP contribution in [0.3, 0.4) is 0 Å². The van der Waals surface area contributed by atoms with Crippen LogP contribution in [0, 0.1) is 5.92 Å². The van der Waals surface area contributed by atoms with Crippen LogP contribution in [0.15, 0.2) is 0 Å². The van der Waals surface area contributed by atoms with Gasteiger partial charge in [0.2, 0.25) is 5.91 Å². The third kappa shape index (κ3) is 9.25. The summed E-state index contributed by atoms with van der Waals surface area (Å²) in [5, 5.41) is 2.53. The van der Waals surface area contributed by atoms with Crippen LogP contribution in [-0.2, 0) is 14.3 Å². The Morgan fingerprint density at radius 3 is 2.53 bits per heavy atom. The molecule has 0 saturated carbocycles. The molecule has 0 atom stereocenters. The Balaban J connectivity index is 3.49. The lowest BCUT2D eigenvalue weighted by molar-refractivity contribution is -0.144. The lowest BCUT2D eigenvalue weighted by Gasteiger charge is -2.07. The molecule has 0 aromatic carbocycles. The van der Waals surface area contributed by atoms with E-state index in [0.717, 1.165) is 12.8 Å². The summed E-state index contributed by atoms with van der Waals surface area (Å²) < 4.78 is 4.88. The van der Waals surface area contributed by atoms with E-state index < -0.39 is 0 Å². The van der Waals surface area contributed by atoms with E-state index in [-0.39, 0.29) is 18.4 Å². The number of nitrogens with one attached hydrogen (secondary N) is 1. The predicted octanol–water partition coefficient (Wildman–Crippen LogP) is 1.49. The molecule has 0 saturated heterocycles. The van der Waals surface area contributed by atoms with Crippen LogP contribution in [0.4, 0.5) is 0 Å². The van der Waals surface area contributed by atoms with E-state index in [1.54, 1.807) is 0 Å². The molecule has 1 amide bonds. The molecule has 0 radical (unpaired) electrons. The van der Waals surface area contributed by atoms with Gasteiger partial charge in [-0.25, -0.2) is 0 Å². The zero-order valence-electron chi connectivity index (χ0n) is 9.84. The van der Waals surface area contributed by atoms with Crippen LogP contribution >= 0.6 is 0 Å². The van der Waals surface area contributed by atoms with Gasteiger partial charge in [-0.2, -0.15) is 0 Å². The molecule has 1 N–H and O–H groups in total. The first-order valence-electron chi connectivity index (χ1n) is 5.48. The minimum absolute atomic E-state index is 0.0186. The summed E-state index contributed by atoms with van der Waals surface area (Å²) in [6.45, 7) is 6.36. The molecule has 0 aromatic rings. The summed E-state index contributed by atoms with van der Waals surface area (Å²) in [4.78, 5) is 22.2. The number of rotatable bonds is 7. The Morgan fingerprint density at radius 2 is 2.00 bits per heavy atom. The maximum Gasteiger partial charge on any atom is 0.325 e. The number of esters is 1. The molecule has 4 nitrogen and oxygen atoms in total. The van der Waals surface area contributed by atoms with Crippen LogP contribution in [0.2, 0.25) is 0 Å². The minimum atomic E-state index is -0.361. The van der Waals surface area contributed by atoms with Gasteiger partial charge in [0.25, 0.3) is 0 Å². The molecule has 0 fully saturated rings. The molecule has 0 spiro atoms. The molecule has 0 aliphatic carbocycles. The van der Waals surface area contributed by atoms with E-state index in [2.05, 4.69) is 5.32 Å². The van der Waals surface area contributed by atoms with Crippen molar-refractivity contribution in [2.75, 3.05) is 13.2 Å². The van der Waals surface area contributed by atoms with Crippen molar-refractivity contribution in [3.8, 4) is 0 Å². The molecule has 15 heavy (non-hydrogen) atoms. The van der Waals surface area contributed by atoms with E-state index in [1.807, 2.05) is 20.8 Å². The largest absolute Gasteiger partial charge is 0.464 e. The first-order valence-corrected chi connectivity index (χ1v) is 5.48. The van der Waals surface area contributed by atoms with Crippen molar-refractivity contribution in [3.05, 3.63) is 0 Å². The van der Waals surface area contributed by atoms with Crippen molar-refractivity contribution in [1.29, 1.82) is 0 Å². The third-order valence-electron chi connectivity index (χ3n) is 1.78. The topological polar surface area (TPSA) is 55.4 Å². The third-order valence-corrected chi connectivity index (χ3v) is 1.78. The van der Waals surface area contributed by atoms with Gasteiger partial charge in [0.1, 0.15) is 6.54 Å². The number of unbranched alkanes of at least 4 members (excludes halogenated alkanes) is 1. The fraction of sp³-hybridized carbons (Fsp3) is 0.818. The summed E-state index contributed by atoms with van der Waals surface area (Å²) in [7, 11) is 0. The van der Waals surface area contributed by atoms with Gasteiger partial charge in [-0.05, 0) is 12.3 Å². The van der Waals surface area contributed by atoms with Crippen molar-refractivity contribution < 1.29 is 14.3 Å². The Hall–Kier alpha value is -1.06. The molecule has 0 aliphatic rings. The standard InChI is InChI=1S/C11H21NO3/c1-4-5-6-15-11(14)8-12-10(13)7-9(2)3/h9H,4-8H2,1-3H3,(H,12,13). The van der Waals surface area contributed by atoms with Crippen molar-refractivity contribution in [2.24, 2.45) is 5.92 Å². The first-order chi connectivity index (χ1) is 7.06. The first kappa shape index (κ1) is 13.9. The highest BCUT2D eigenvalue weighted by atomic mass is 16.5. The van der Waals surface area contributed by atoms with Crippen LogP contribution in [0.25, 0.3) is 0 Å². The summed E-state index contributed by atoms with van der Waals surface area (Å²) in [6.07, 6.45) is 2.31. The van der Waals surface area contributed by atoms with Crippen LogP contribution in [0.5, 0.6) is 0 Å². The molecule has 0 aromatic heterocycles. The molecule has 4 heteroatoms. The molecular formula is C11H21NO3. The SMILES string of the molecule is CCCCOC(=O)CNC(=O)CC(C)C. The van der Waals surface area contributed by atoms with Gasteiger partial charge in [-0.1, -0.05) is 27.2 Å². The van der Waals surface area contributed by atoms with Gasteiger partial charge in [0.05, 0.1) is 6.61 Å². The predicted molar refractivity (Wildman–Crippen MR) is 58.3 cm³/mol. The van der Waals surface area contributed by atoms with Crippen molar-refractivity contribution in [3.63, 3.8) is 0 Å². The lowest BCUT2D eigenvalue weighted by Crippen LogP contribution is -2.31. The monoisotopic (exact) mass is 215 g/mol. The fourth-order valence-electron chi connectivity index (χ4n) is 0.995. The summed E-state index contributed by atoms with van der Waals surface area (Å²) in [5.41, 5.74) is 0. The molecule has 0 bridgehead atoms. The number of hydrogen-bond acceptors (Lipinski definition) is 3. The average Bonchev–Trinajstić information content (AvgIpc) is 2.14. The molecule has 0 rings (SSSR count). The number of amides is 1. The van der Waals surface area contributed by atoms with Crippen molar-refractivity contribution in [2.45, 2.75) is 40.0 Å². The maximum absolute atomic E-state index is 11.2. The second kappa shape index (κ2) is 8.26. The zero-order chi connectivity index (χ0) is 11.7. The summed E-state index contributed by atoms with van der Waals surface area (Å²) >= 11 is 0. The van der Waals surface area contributed by atoms with Crippen LogP contribution in [-0.4, -0.2) is 25.0 Å². The van der Waals surface area contributed by atoms with Crippen LogP contribution in [0.1, 0.15) is 40.0 Å². The minimum Gasteiger partial charge on any atom is -0.464 e. The highest BCUT2D eigenvalue weighted by Gasteiger charge is 2.07. The molecule has 0 aliphatic heterocycles. The molecule has 88 valence electrons. The number of carbonyl (C=O) groups excluding carboxylic acids is 2. The second-order valence-corrected chi connectivity index (χ2v) is 3.95. The van der Waals surface area contributed by atoms with E-state index in [4.69, 9.17) is 4.74 Å². The number of carbonyl (C=O) groups is 2. The number of hydrogen-bond donors (Lipinski definition) is 1. The summed E-state index contributed by atoms with van der Waals surface area (Å²) in [5.74, 6) is -0.154. The smallest absolute Gasteiger partial charge is 0.325 e. The van der Waals surface area contributed by atoms with E-state index in [9.17, 15) is 9.59 Å². The second-order valence-electron chi connectivity index (χ2n) is 3.95. The number of ether oxygens (including phenoxy) is 1. The fourth-order valence-corrected chi connectivity index (χ4v) is 0.995. The van der Waals surface area contributed by atoms with Crippen molar-refractivity contribution in [1.82, 2.24) is 5.32 Å². The van der Waals surface area contributed by atoms with Crippen LogP contribution < -0.4 is 5.32 Å². The van der Waals surface area contributed by atoms with Gasteiger partial charge in [-0.15, -0.1) is 0 Å². The van der Waals surface area contributed by atoms with E-state index >= 15 is 0 Å².